The second kappa shape index (κ2) is 10.9. The number of nitrogens with zero attached hydrogens (tertiary/aromatic N) is 2. The summed E-state index contributed by atoms with van der Waals surface area (Å²) in [7, 11) is 0. The first-order valence-electron chi connectivity index (χ1n) is 12.2. The van der Waals surface area contributed by atoms with Crippen molar-refractivity contribution in [1.82, 2.24) is 9.97 Å². The number of nitrogen functional groups attached to an aromatic ring is 1. The van der Waals surface area contributed by atoms with Crippen molar-refractivity contribution in [2.24, 2.45) is 17.6 Å². The van der Waals surface area contributed by atoms with Gasteiger partial charge in [0, 0.05) is 17.9 Å². The lowest BCUT2D eigenvalue weighted by Gasteiger charge is -2.24. The Hall–Kier alpha value is -1.60. The van der Waals surface area contributed by atoms with E-state index in [9.17, 15) is 9.59 Å². The number of halogens is 2. The van der Waals surface area contributed by atoms with E-state index in [0.29, 0.717) is 18.7 Å². The summed E-state index contributed by atoms with van der Waals surface area (Å²) in [6.45, 7) is 10.6. The molecule has 8 atom stereocenters. The number of anilines is 2. The van der Waals surface area contributed by atoms with Crippen molar-refractivity contribution in [1.29, 1.82) is 0 Å². The Morgan fingerprint density at radius 1 is 0.919 bits per heavy atom. The Morgan fingerprint density at radius 3 is 1.97 bits per heavy atom. The lowest BCUT2D eigenvalue weighted by molar-refractivity contribution is -0.160. The van der Waals surface area contributed by atoms with E-state index in [1.807, 2.05) is 27.7 Å². The molecule has 5 rings (SSSR count). The highest BCUT2D eigenvalue weighted by atomic mass is 35.5. The number of nitrogens with two attached hydrogens (primary N) is 2. The first-order valence-corrected chi connectivity index (χ1v) is 12.6. The van der Waals surface area contributed by atoms with Gasteiger partial charge in [0.1, 0.15) is 35.8 Å². The largest absolute Gasteiger partial charge is 0.393 e. The predicted octanol–water partition coefficient (Wildman–Crippen LogP) is 2.49. The molecule has 2 aliphatic carbocycles. The quantitative estimate of drug-likeness (QED) is 0.463. The number of ether oxygens (including phenoxy) is 4. The number of ketones is 2. The van der Waals surface area contributed by atoms with Crippen LogP contribution in [0.4, 0.5) is 11.5 Å². The molecule has 5 N–H and O–H groups in total. The van der Waals surface area contributed by atoms with Crippen LogP contribution < -0.4 is 16.8 Å². The lowest BCUT2D eigenvalue weighted by atomic mass is 10.0. The highest BCUT2D eigenvalue weighted by molar-refractivity contribution is 6.32. The van der Waals surface area contributed by atoms with E-state index in [1.54, 1.807) is 13.8 Å². The lowest BCUT2D eigenvalue weighted by Crippen LogP contribution is -2.35. The summed E-state index contributed by atoms with van der Waals surface area (Å²) in [6.07, 6.45) is 1.87. The molecular formula is C24H37Cl2N5O6. The van der Waals surface area contributed by atoms with E-state index in [-0.39, 0.29) is 83.1 Å². The molecule has 1 aromatic rings. The molecule has 0 bridgehead atoms. The molecule has 0 aromatic carbocycles. The molecule has 0 unspecified atom stereocenters. The summed E-state index contributed by atoms with van der Waals surface area (Å²) in [4.78, 5) is 31.2. The van der Waals surface area contributed by atoms with Crippen molar-refractivity contribution in [3.8, 4) is 0 Å². The fourth-order valence-corrected chi connectivity index (χ4v) is 5.74. The van der Waals surface area contributed by atoms with Crippen molar-refractivity contribution < 1.29 is 28.5 Å². The molecule has 2 saturated carbocycles. The third-order valence-electron chi connectivity index (χ3n) is 7.17. The third kappa shape index (κ3) is 6.19. The normalized spacial score (nSPS) is 36.5. The van der Waals surface area contributed by atoms with Crippen LogP contribution in [0, 0.1) is 11.8 Å². The summed E-state index contributed by atoms with van der Waals surface area (Å²) in [5.74, 6) is -0.913. The Morgan fingerprint density at radius 2 is 1.41 bits per heavy atom. The van der Waals surface area contributed by atoms with Gasteiger partial charge in [-0.25, -0.2) is 9.97 Å². The summed E-state index contributed by atoms with van der Waals surface area (Å²) in [5, 5.41) is 3.42. The van der Waals surface area contributed by atoms with Gasteiger partial charge in [-0.05, 0) is 54.4 Å². The standard InChI is InChI=1S/C14H19ClN4O3.C10H17NO3.ClH/c1-6(20)7-4-8(11-10(7)21-14(2,3)22-11)19-13-9(16)12(15)17-5-18-13;1-5(12)6-4-7(11)9-8(6)13-10(2,3)14-9;/h5,7-8,10-11H,4,16H2,1-3H3,(H,17,18,19);6-9H,4,11H2,1-3H3;1H/t7-,8-,10-,11+;6-,7-,8-,9+;/m11./s1. The number of hydrogen-bond acceptors (Lipinski definition) is 11. The number of Topliss-reactive ketones (excluding diaryl/α,β-unsaturated/α-hetero) is 2. The number of aromatic nitrogens is 2. The van der Waals surface area contributed by atoms with Gasteiger partial charge in [-0.2, -0.15) is 0 Å². The molecule has 4 fully saturated rings. The fraction of sp³-hybridized carbons (Fsp3) is 0.750. The van der Waals surface area contributed by atoms with E-state index in [4.69, 9.17) is 42.0 Å². The number of carbonyl (C=O) groups excluding carboxylic acids is 2. The van der Waals surface area contributed by atoms with Crippen molar-refractivity contribution in [3.05, 3.63) is 11.5 Å². The van der Waals surface area contributed by atoms with Gasteiger partial charge in [0.15, 0.2) is 22.5 Å². The number of nitrogens with one attached hydrogen (secondary N) is 1. The molecule has 11 nitrogen and oxygen atoms in total. The molecule has 0 radical (unpaired) electrons. The monoisotopic (exact) mass is 561 g/mol. The molecule has 2 aliphatic heterocycles. The summed E-state index contributed by atoms with van der Waals surface area (Å²) in [6, 6.07) is -0.204. The van der Waals surface area contributed by atoms with E-state index < -0.39 is 11.6 Å². The van der Waals surface area contributed by atoms with Crippen LogP contribution in [0.1, 0.15) is 54.4 Å². The zero-order valence-electron chi connectivity index (χ0n) is 21.9. The average Bonchev–Trinajstić information content (AvgIpc) is 3.44. The Balaban J connectivity index is 0.000000220. The summed E-state index contributed by atoms with van der Waals surface area (Å²) < 4.78 is 23.2. The Kier molecular flexibility index (Phi) is 8.80. The van der Waals surface area contributed by atoms with Gasteiger partial charge in [0.25, 0.3) is 0 Å². The van der Waals surface area contributed by atoms with Gasteiger partial charge in [-0.15, -0.1) is 12.4 Å². The van der Waals surface area contributed by atoms with Crippen molar-refractivity contribution in [3.63, 3.8) is 0 Å². The van der Waals surface area contributed by atoms with Gasteiger partial charge >= 0.3 is 0 Å². The van der Waals surface area contributed by atoms with Gasteiger partial charge in [0.2, 0.25) is 0 Å². The summed E-state index contributed by atoms with van der Waals surface area (Å²) in [5.41, 5.74) is 12.1. The van der Waals surface area contributed by atoms with Crippen molar-refractivity contribution in [2.45, 2.75) is 102 Å². The highest BCUT2D eigenvalue weighted by Crippen LogP contribution is 2.43. The summed E-state index contributed by atoms with van der Waals surface area (Å²) >= 11 is 5.91. The first-order chi connectivity index (χ1) is 16.7. The van der Waals surface area contributed by atoms with Gasteiger partial charge in [-0.3, -0.25) is 9.59 Å². The molecule has 208 valence electrons. The zero-order chi connectivity index (χ0) is 26.6. The minimum absolute atomic E-state index is 0. The van der Waals surface area contributed by atoms with Crippen LogP contribution in [0.2, 0.25) is 5.15 Å². The first kappa shape index (κ1) is 29.9. The number of rotatable bonds is 4. The van der Waals surface area contributed by atoms with E-state index >= 15 is 0 Å². The Labute approximate surface area is 228 Å². The average molecular weight is 562 g/mol. The number of fused-ring (bicyclic) bond motifs is 2. The Bertz CT molecular complexity index is 1030. The molecule has 3 heterocycles. The van der Waals surface area contributed by atoms with Crippen LogP contribution >= 0.6 is 24.0 Å². The molecular weight excluding hydrogens is 525 g/mol. The minimum atomic E-state index is -0.710. The molecule has 37 heavy (non-hydrogen) atoms. The smallest absolute Gasteiger partial charge is 0.163 e. The maximum atomic E-state index is 11.9. The second-order valence-electron chi connectivity index (χ2n) is 10.9. The van der Waals surface area contributed by atoms with Crippen LogP contribution in [-0.4, -0.2) is 69.6 Å². The SMILES string of the molecule is CC(=O)[C@H]1C[C@@H](N)[C@@H]2OC(C)(C)O[C@@H]21.CC(=O)[C@H]1C[C@@H](Nc2ncnc(Cl)c2N)[C@@H]2OC(C)(C)O[C@@H]21.Cl. The van der Waals surface area contributed by atoms with Crippen LogP contribution in [0.25, 0.3) is 0 Å². The van der Waals surface area contributed by atoms with E-state index in [0.717, 1.165) is 0 Å². The fourth-order valence-electron chi connectivity index (χ4n) is 5.60. The van der Waals surface area contributed by atoms with Crippen LogP contribution in [0.15, 0.2) is 6.33 Å². The van der Waals surface area contributed by atoms with Crippen LogP contribution in [0.5, 0.6) is 0 Å². The third-order valence-corrected chi connectivity index (χ3v) is 7.48. The number of carbonyl (C=O) groups is 2. The molecule has 4 aliphatic rings. The van der Waals surface area contributed by atoms with Gasteiger partial charge < -0.3 is 35.7 Å². The predicted molar refractivity (Wildman–Crippen MR) is 139 cm³/mol. The van der Waals surface area contributed by atoms with Crippen LogP contribution in [-0.2, 0) is 28.5 Å². The molecule has 1 aromatic heterocycles. The molecule has 2 saturated heterocycles. The van der Waals surface area contributed by atoms with Crippen molar-refractivity contribution >= 4 is 47.1 Å². The minimum Gasteiger partial charge on any atom is -0.393 e. The molecule has 13 heteroatoms. The van der Waals surface area contributed by atoms with E-state index in [1.165, 1.54) is 6.33 Å². The van der Waals surface area contributed by atoms with E-state index in [2.05, 4.69) is 15.3 Å². The van der Waals surface area contributed by atoms with Gasteiger partial charge in [0.05, 0.1) is 18.2 Å². The second-order valence-corrected chi connectivity index (χ2v) is 11.2. The molecule has 0 amide bonds. The zero-order valence-corrected chi connectivity index (χ0v) is 23.5. The maximum absolute atomic E-state index is 11.9. The van der Waals surface area contributed by atoms with Crippen LogP contribution in [0.3, 0.4) is 0 Å². The van der Waals surface area contributed by atoms with Crippen molar-refractivity contribution in [2.75, 3.05) is 11.1 Å². The van der Waals surface area contributed by atoms with Gasteiger partial charge in [-0.1, -0.05) is 11.6 Å². The highest BCUT2D eigenvalue weighted by Gasteiger charge is 2.56. The molecule has 0 spiro atoms. The number of hydrogen-bond donors (Lipinski definition) is 3. The maximum Gasteiger partial charge on any atom is 0.163 e. The topological polar surface area (TPSA) is 161 Å².